The molecule has 1 amide bonds. The zero-order valence-electron chi connectivity index (χ0n) is 15.0. The Balaban J connectivity index is 1.88. The molecule has 0 spiro atoms. The predicted octanol–water partition coefficient (Wildman–Crippen LogP) is 3.27. The zero-order chi connectivity index (χ0) is 17.4. The Morgan fingerprint density at radius 2 is 1.79 bits per heavy atom. The lowest BCUT2D eigenvalue weighted by molar-refractivity contribution is -0.145. The van der Waals surface area contributed by atoms with E-state index in [2.05, 4.69) is 0 Å². The van der Waals surface area contributed by atoms with Crippen LogP contribution >= 0.6 is 0 Å². The molecule has 24 heavy (non-hydrogen) atoms. The van der Waals surface area contributed by atoms with E-state index in [0.29, 0.717) is 32.7 Å². The molecule has 0 N–H and O–H groups in total. The third-order valence-electron chi connectivity index (χ3n) is 4.21. The molecule has 1 aliphatic rings. The largest absolute Gasteiger partial charge is 0.490 e. The molecule has 1 atom stereocenters. The van der Waals surface area contributed by atoms with Gasteiger partial charge in [0, 0.05) is 32.5 Å². The van der Waals surface area contributed by atoms with E-state index < -0.39 is 0 Å². The van der Waals surface area contributed by atoms with Crippen molar-refractivity contribution >= 4 is 5.91 Å². The number of para-hydroxylation sites is 2. The molecule has 0 bridgehead atoms. The molecule has 1 aromatic rings. The number of benzene rings is 1. The van der Waals surface area contributed by atoms with Crippen LogP contribution in [0.5, 0.6) is 11.5 Å². The number of carbonyl (C=O) groups excluding carboxylic acids is 1. The maximum Gasteiger partial charge on any atom is 0.251 e. The van der Waals surface area contributed by atoms with Gasteiger partial charge < -0.3 is 19.1 Å². The van der Waals surface area contributed by atoms with Crippen molar-refractivity contribution in [3.63, 3.8) is 0 Å². The summed E-state index contributed by atoms with van der Waals surface area (Å²) < 4.78 is 17.2. The summed E-state index contributed by atoms with van der Waals surface area (Å²) in [4.78, 5) is 14.4. The molecule has 1 aromatic carbocycles. The van der Waals surface area contributed by atoms with E-state index in [-0.39, 0.29) is 18.1 Å². The summed E-state index contributed by atoms with van der Waals surface area (Å²) in [6.07, 6.45) is 2.17. The number of nitrogens with zero attached hydrogens (tertiary/aromatic N) is 1. The van der Waals surface area contributed by atoms with Crippen molar-refractivity contribution in [2.75, 3.05) is 26.3 Å². The summed E-state index contributed by atoms with van der Waals surface area (Å²) >= 11 is 0. The van der Waals surface area contributed by atoms with Crippen LogP contribution in [-0.2, 0) is 9.53 Å². The van der Waals surface area contributed by atoms with Gasteiger partial charge >= 0.3 is 0 Å². The number of likely N-dealkylation sites (tertiary alicyclic amines) is 1. The molecule has 0 aromatic heterocycles. The van der Waals surface area contributed by atoms with Crippen LogP contribution in [0.4, 0.5) is 0 Å². The van der Waals surface area contributed by atoms with Gasteiger partial charge in [-0.25, -0.2) is 0 Å². The summed E-state index contributed by atoms with van der Waals surface area (Å²) in [5, 5.41) is 0. The SMILES string of the molecule is CCOc1ccccc1OC1CCN(C(=O)[C@H](CC)OCC)CC1. The van der Waals surface area contributed by atoms with Crippen LogP contribution in [0.2, 0.25) is 0 Å². The highest BCUT2D eigenvalue weighted by atomic mass is 16.5. The monoisotopic (exact) mass is 335 g/mol. The Morgan fingerprint density at radius 3 is 2.38 bits per heavy atom. The second-order valence-electron chi connectivity index (χ2n) is 5.87. The number of amides is 1. The van der Waals surface area contributed by atoms with Crippen molar-refractivity contribution in [2.45, 2.75) is 52.2 Å². The van der Waals surface area contributed by atoms with Gasteiger partial charge in [-0.15, -0.1) is 0 Å². The molecule has 0 radical (unpaired) electrons. The average Bonchev–Trinajstić information content (AvgIpc) is 2.61. The zero-order valence-corrected chi connectivity index (χ0v) is 15.0. The summed E-state index contributed by atoms with van der Waals surface area (Å²) in [6.45, 7) is 8.48. The fourth-order valence-corrected chi connectivity index (χ4v) is 2.96. The van der Waals surface area contributed by atoms with Crippen LogP contribution in [0.25, 0.3) is 0 Å². The second-order valence-corrected chi connectivity index (χ2v) is 5.87. The third-order valence-corrected chi connectivity index (χ3v) is 4.21. The van der Waals surface area contributed by atoms with Gasteiger partial charge in [-0.2, -0.15) is 0 Å². The van der Waals surface area contributed by atoms with Gasteiger partial charge in [0.05, 0.1) is 6.61 Å². The first-order chi connectivity index (χ1) is 11.7. The third kappa shape index (κ3) is 4.87. The van der Waals surface area contributed by atoms with E-state index in [1.807, 2.05) is 49.9 Å². The van der Waals surface area contributed by atoms with Crippen LogP contribution < -0.4 is 9.47 Å². The van der Waals surface area contributed by atoms with Crippen molar-refractivity contribution in [3.05, 3.63) is 24.3 Å². The standard InChI is InChI=1S/C19H29NO4/c1-4-16(22-5-2)19(21)20-13-11-15(12-14-20)24-18-10-8-7-9-17(18)23-6-3/h7-10,15-16H,4-6,11-14H2,1-3H3/t16-/m0/s1. The maximum absolute atomic E-state index is 12.5. The van der Waals surface area contributed by atoms with Gasteiger partial charge in [-0.05, 0) is 32.4 Å². The minimum Gasteiger partial charge on any atom is -0.490 e. The average molecular weight is 335 g/mol. The van der Waals surface area contributed by atoms with E-state index in [9.17, 15) is 4.79 Å². The molecule has 5 nitrogen and oxygen atoms in total. The fraction of sp³-hybridized carbons (Fsp3) is 0.632. The summed E-state index contributed by atoms with van der Waals surface area (Å²) in [6, 6.07) is 7.75. The molecule has 0 saturated carbocycles. The number of rotatable bonds is 8. The van der Waals surface area contributed by atoms with E-state index in [0.717, 1.165) is 24.3 Å². The van der Waals surface area contributed by atoms with Gasteiger partial charge in [0.25, 0.3) is 5.91 Å². The van der Waals surface area contributed by atoms with Crippen LogP contribution in [0.15, 0.2) is 24.3 Å². The van der Waals surface area contributed by atoms with E-state index >= 15 is 0 Å². The van der Waals surface area contributed by atoms with Crippen LogP contribution in [0, 0.1) is 0 Å². The van der Waals surface area contributed by atoms with Crippen LogP contribution in [0.1, 0.15) is 40.0 Å². The van der Waals surface area contributed by atoms with Gasteiger partial charge in [0.15, 0.2) is 11.5 Å². The predicted molar refractivity (Wildman–Crippen MR) is 93.5 cm³/mol. The Labute approximate surface area is 144 Å². The molecule has 1 heterocycles. The fourth-order valence-electron chi connectivity index (χ4n) is 2.96. The lowest BCUT2D eigenvalue weighted by atomic mass is 10.1. The molecule has 5 heteroatoms. The van der Waals surface area contributed by atoms with Crippen molar-refractivity contribution < 1.29 is 19.0 Å². The molecule has 0 unspecified atom stereocenters. The highest BCUT2D eigenvalue weighted by Gasteiger charge is 2.28. The van der Waals surface area contributed by atoms with E-state index in [4.69, 9.17) is 14.2 Å². The van der Waals surface area contributed by atoms with Crippen LogP contribution in [-0.4, -0.2) is 49.3 Å². The van der Waals surface area contributed by atoms with Crippen molar-refractivity contribution in [1.29, 1.82) is 0 Å². The van der Waals surface area contributed by atoms with Crippen molar-refractivity contribution in [3.8, 4) is 11.5 Å². The van der Waals surface area contributed by atoms with E-state index in [1.165, 1.54) is 0 Å². The highest BCUT2D eigenvalue weighted by Crippen LogP contribution is 2.29. The Hall–Kier alpha value is -1.75. The number of hydrogen-bond donors (Lipinski definition) is 0. The summed E-state index contributed by atoms with van der Waals surface area (Å²) in [7, 11) is 0. The normalized spacial score (nSPS) is 16.7. The molecular weight excluding hydrogens is 306 g/mol. The van der Waals surface area contributed by atoms with Gasteiger partial charge in [0.1, 0.15) is 12.2 Å². The smallest absolute Gasteiger partial charge is 0.251 e. The summed E-state index contributed by atoms with van der Waals surface area (Å²) in [5.74, 6) is 1.67. The molecule has 1 fully saturated rings. The van der Waals surface area contributed by atoms with Crippen molar-refractivity contribution in [1.82, 2.24) is 4.90 Å². The van der Waals surface area contributed by atoms with Crippen molar-refractivity contribution in [2.24, 2.45) is 0 Å². The highest BCUT2D eigenvalue weighted by molar-refractivity contribution is 5.81. The van der Waals surface area contributed by atoms with E-state index in [1.54, 1.807) is 0 Å². The molecular formula is C19H29NO4. The number of ether oxygens (including phenoxy) is 3. The molecule has 1 saturated heterocycles. The first-order valence-electron chi connectivity index (χ1n) is 8.98. The van der Waals surface area contributed by atoms with Gasteiger partial charge in [0.2, 0.25) is 0 Å². The number of hydrogen-bond acceptors (Lipinski definition) is 4. The van der Waals surface area contributed by atoms with Gasteiger partial charge in [-0.3, -0.25) is 4.79 Å². The Bertz CT molecular complexity index is 512. The van der Waals surface area contributed by atoms with Gasteiger partial charge in [-0.1, -0.05) is 19.1 Å². The quantitative estimate of drug-likeness (QED) is 0.731. The maximum atomic E-state index is 12.5. The second kappa shape index (κ2) is 9.52. The number of piperidine rings is 1. The number of carbonyl (C=O) groups is 1. The Kier molecular flexibility index (Phi) is 7.37. The molecule has 134 valence electrons. The first kappa shape index (κ1) is 18.6. The van der Waals surface area contributed by atoms with Crippen LogP contribution in [0.3, 0.4) is 0 Å². The first-order valence-corrected chi connectivity index (χ1v) is 8.98. The molecule has 2 rings (SSSR count). The minimum atomic E-state index is -0.314. The topological polar surface area (TPSA) is 48.0 Å². The minimum absolute atomic E-state index is 0.104. The lowest BCUT2D eigenvalue weighted by Crippen LogP contribution is -2.46. The Morgan fingerprint density at radius 1 is 1.12 bits per heavy atom. The molecule has 1 aliphatic heterocycles. The summed E-state index contributed by atoms with van der Waals surface area (Å²) in [5.41, 5.74) is 0. The lowest BCUT2D eigenvalue weighted by Gasteiger charge is -2.34. The molecule has 0 aliphatic carbocycles.